The molecule has 2 bridgehead atoms. The summed E-state index contributed by atoms with van der Waals surface area (Å²) in [4.78, 5) is 12.5. The maximum atomic E-state index is 12.5. The van der Waals surface area contributed by atoms with Crippen molar-refractivity contribution in [1.82, 2.24) is 0 Å². The van der Waals surface area contributed by atoms with Gasteiger partial charge in [0.2, 0.25) is 0 Å². The third kappa shape index (κ3) is 1.10. The van der Waals surface area contributed by atoms with Crippen LogP contribution in [0, 0.1) is 22.2 Å². The minimum absolute atomic E-state index is 0.0543. The van der Waals surface area contributed by atoms with Crippen LogP contribution in [0.2, 0.25) is 0 Å². The summed E-state index contributed by atoms with van der Waals surface area (Å²) in [5.74, 6) is 1.16. The number of hydrogen-bond acceptors (Lipinski definition) is 1. The van der Waals surface area contributed by atoms with E-state index < -0.39 is 0 Å². The van der Waals surface area contributed by atoms with Crippen molar-refractivity contribution in [2.75, 3.05) is 0 Å². The molecule has 0 aromatic heterocycles. The Morgan fingerprint density at radius 3 is 2.56 bits per heavy atom. The van der Waals surface area contributed by atoms with E-state index in [1.165, 1.54) is 18.4 Å². The number of Topliss-reactive ketones (excluding diaryl/α,β-unsaturated/α-hetero) is 1. The summed E-state index contributed by atoms with van der Waals surface area (Å²) in [6.45, 7) is 9.12. The second-order valence-electron chi connectivity index (χ2n) is 7.50. The summed E-state index contributed by atoms with van der Waals surface area (Å²) < 4.78 is 0. The molecule has 1 spiro atoms. The first-order chi connectivity index (χ1) is 7.28. The predicted octanol–water partition coefficient (Wildman–Crippen LogP) is 3.74. The zero-order valence-electron chi connectivity index (χ0n) is 10.9. The number of fused-ring (bicyclic) bond motifs is 1. The van der Waals surface area contributed by atoms with Crippen LogP contribution >= 0.6 is 0 Å². The van der Waals surface area contributed by atoms with E-state index in [-0.39, 0.29) is 10.8 Å². The highest BCUT2D eigenvalue weighted by Crippen LogP contribution is 2.67. The van der Waals surface area contributed by atoms with Gasteiger partial charge in [0.15, 0.2) is 0 Å². The van der Waals surface area contributed by atoms with Crippen molar-refractivity contribution >= 4 is 5.78 Å². The lowest BCUT2D eigenvalue weighted by Crippen LogP contribution is -2.49. The van der Waals surface area contributed by atoms with Gasteiger partial charge in [0.1, 0.15) is 5.78 Å². The molecule has 4 aliphatic carbocycles. The average molecular weight is 218 g/mol. The fourth-order valence-electron chi connectivity index (χ4n) is 4.99. The quantitative estimate of drug-likeness (QED) is 0.566. The van der Waals surface area contributed by atoms with Crippen LogP contribution in [-0.2, 0) is 4.79 Å². The number of rotatable bonds is 0. The molecule has 0 aromatic rings. The van der Waals surface area contributed by atoms with Gasteiger partial charge in [0.05, 0.1) is 5.41 Å². The lowest BCUT2D eigenvalue weighted by molar-refractivity contribution is -0.136. The molecule has 0 N–H and O–H groups in total. The monoisotopic (exact) mass is 218 g/mol. The summed E-state index contributed by atoms with van der Waals surface area (Å²) in [6, 6.07) is 0. The molecule has 0 unspecified atom stereocenters. The molecule has 2 fully saturated rings. The van der Waals surface area contributed by atoms with Crippen molar-refractivity contribution in [1.29, 1.82) is 0 Å². The Hall–Kier alpha value is -0.590. The van der Waals surface area contributed by atoms with Crippen molar-refractivity contribution in [3.63, 3.8) is 0 Å². The lowest BCUT2D eigenvalue weighted by Gasteiger charge is -2.51. The minimum Gasteiger partial charge on any atom is -0.299 e. The number of carbonyl (C=O) groups excluding carboxylic acids is 1. The number of carbonyl (C=O) groups is 1. The van der Waals surface area contributed by atoms with Crippen molar-refractivity contribution in [3.05, 3.63) is 11.6 Å². The van der Waals surface area contributed by atoms with Crippen molar-refractivity contribution in [2.24, 2.45) is 22.2 Å². The van der Waals surface area contributed by atoms with E-state index in [2.05, 4.69) is 33.8 Å². The largest absolute Gasteiger partial charge is 0.299 e. The predicted molar refractivity (Wildman–Crippen MR) is 65.0 cm³/mol. The first-order valence-corrected chi connectivity index (χ1v) is 6.51. The molecule has 0 heterocycles. The van der Waals surface area contributed by atoms with E-state index in [1.54, 1.807) is 0 Å². The fraction of sp³-hybridized carbons (Fsp3) is 0.800. The van der Waals surface area contributed by atoms with Crippen LogP contribution in [0.3, 0.4) is 0 Å². The van der Waals surface area contributed by atoms with Gasteiger partial charge < -0.3 is 0 Å². The highest BCUT2D eigenvalue weighted by molar-refractivity contribution is 5.92. The zero-order valence-corrected chi connectivity index (χ0v) is 10.9. The molecule has 1 nitrogen and oxygen atoms in total. The van der Waals surface area contributed by atoms with E-state index in [0.717, 1.165) is 12.8 Å². The molecule has 16 heavy (non-hydrogen) atoms. The smallest absolute Gasteiger partial charge is 0.144 e. The maximum absolute atomic E-state index is 12.5. The molecule has 4 aliphatic rings. The zero-order chi connectivity index (χ0) is 11.8. The summed E-state index contributed by atoms with van der Waals surface area (Å²) in [7, 11) is 0. The van der Waals surface area contributed by atoms with E-state index in [0.29, 0.717) is 17.1 Å². The molecule has 88 valence electrons. The van der Waals surface area contributed by atoms with E-state index in [4.69, 9.17) is 0 Å². The van der Waals surface area contributed by atoms with E-state index >= 15 is 0 Å². The van der Waals surface area contributed by atoms with Gasteiger partial charge in [-0.15, -0.1) is 0 Å². The Labute approximate surface area is 98.3 Å². The van der Waals surface area contributed by atoms with Crippen LogP contribution in [-0.4, -0.2) is 5.78 Å². The van der Waals surface area contributed by atoms with Gasteiger partial charge in [-0.3, -0.25) is 4.79 Å². The van der Waals surface area contributed by atoms with Crippen LogP contribution in [0.4, 0.5) is 0 Å². The molecular formula is C15H22O. The molecule has 0 saturated heterocycles. The molecule has 2 saturated carbocycles. The number of hydrogen-bond donors (Lipinski definition) is 0. The maximum Gasteiger partial charge on any atom is 0.144 e. The molecule has 3 atom stereocenters. The number of ketones is 1. The second kappa shape index (κ2) is 2.63. The standard InChI is InChI=1S/C15H22O/c1-10-5-14(4)7-11-6-13(2,3)9-15(10,11)12(16)8-14/h5,11H,6-9H2,1-4H3/t11-,14+,15-/m0/s1. The molecule has 0 radical (unpaired) electrons. The molecule has 0 aliphatic heterocycles. The van der Waals surface area contributed by atoms with Crippen LogP contribution in [0.15, 0.2) is 11.6 Å². The molecule has 1 heteroatoms. The first kappa shape index (κ1) is 10.6. The third-order valence-corrected chi connectivity index (χ3v) is 5.30. The third-order valence-electron chi connectivity index (χ3n) is 5.30. The van der Waals surface area contributed by atoms with Crippen LogP contribution in [0.25, 0.3) is 0 Å². The topological polar surface area (TPSA) is 17.1 Å². The Bertz CT molecular complexity index is 404. The van der Waals surface area contributed by atoms with Gasteiger partial charge in [0.25, 0.3) is 0 Å². The van der Waals surface area contributed by atoms with Gasteiger partial charge in [-0.25, -0.2) is 0 Å². The average Bonchev–Trinajstić information content (AvgIpc) is 2.34. The van der Waals surface area contributed by atoms with Crippen molar-refractivity contribution < 1.29 is 4.79 Å². The number of allylic oxidation sites excluding steroid dienone is 2. The minimum atomic E-state index is -0.0543. The van der Waals surface area contributed by atoms with Crippen molar-refractivity contribution in [2.45, 2.75) is 53.4 Å². The Kier molecular flexibility index (Phi) is 1.73. The van der Waals surface area contributed by atoms with Gasteiger partial charge in [-0.05, 0) is 42.9 Å². The summed E-state index contributed by atoms with van der Waals surface area (Å²) >= 11 is 0. The van der Waals surface area contributed by atoms with E-state index in [1.807, 2.05) is 0 Å². The highest BCUT2D eigenvalue weighted by atomic mass is 16.1. The van der Waals surface area contributed by atoms with Crippen LogP contribution < -0.4 is 0 Å². The van der Waals surface area contributed by atoms with Crippen LogP contribution in [0.1, 0.15) is 53.4 Å². The van der Waals surface area contributed by atoms with Gasteiger partial charge in [-0.1, -0.05) is 32.4 Å². The molecule has 0 aromatic carbocycles. The second-order valence-corrected chi connectivity index (χ2v) is 7.50. The summed E-state index contributed by atoms with van der Waals surface area (Å²) in [5.41, 5.74) is 1.85. The Morgan fingerprint density at radius 2 is 1.94 bits per heavy atom. The molecule has 0 amide bonds. The van der Waals surface area contributed by atoms with Gasteiger partial charge in [0, 0.05) is 6.42 Å². The summed E-state index contributed by atoms with van der Waals surface area (Å²) in [5, 5.41) is 0. The highest BCUT2D eigenvalue weighted by Gasteiger charge is 2.62. The molecular weight excluding hydrogens is 196 g/mol. The van der Waals surface area contributed by atoms with E-state index in [9.17, 15) is 4.79 Å². The van der Waals surface area contributed by atoms with Gasteiger partial charge in [-0.2, -0.15) is 0 Å². The molecule has 4 rings (SSSR count). The Morgan fingerprint density at radius 1 is 1.25 bits per heavy atom. The summed E-state index contributed by atoms with van der Waals surface area (Å²) in [6.07, 6.45) is 6.75. The Balaban J connectivity index is 2.16. The SMILES string of the molecule is CC1=C[C@@]2(C)CC(=O)[C@@]13CC(C)(C)C[C@H]3C2. The van der Waals surface area contributed by atoms with Crippen molar-refractivity contribution in [3.8, 4) is 0 Å². The lowest BCUT2D eigenvalue weighted by atomic mass is 9.51. The van der Waals surface area contributed by atoms with Crippen LogP contribution in [0.5, 0.6) is 0 Å². The van der Waals surface area contributed by atoms with Gasteiger partial charge >= 0.3 is 0 Å². The fourth-order valence-corrected chi connectivity index (χ4v) is 4.99. The normalized spacial score (nSPS) is 49.1. The first-order valence-electron chi connectivity index (χ1n) is 6.51.